The summed E-state index contributed by atoms with van der Waals surface area (Å²) in [7, 11) is 0. The molecular formula is C12H19NO3. The first kappa shape index (κ1) is 12.7. The maximum atomic E-state index is 12.0. The highest BCUT2D eigenvalue weighted by Crippen LogP contribution is 2.41. The van der Waals surface area contributed by atoms with Crippen LogP contribution in [0.15, 0.2) is 17.8 Å². The lowest BCUT2D eigenvalue weighted by molar-refractivity contribution is -0.151. The van der Waals surface area contributed by atoms with Gasteiger partial charge in [-0.2, -0.15) is 0 Å². The second kappa shape index (κ2) is 5.68. The van der Waals surface area contributed by atoms with Crippen LogP contribution in [0.2, 0.25) is 0 Å². The number of carbonyl (C=O) groups is 1. The van der Waals surface area contributed by atoms with Crippen molar-refractivity contribution in [3.63, 3.8) is 0 Å². The minimum atomic E-state index is -0.709. The van der Waals surface area contributed by atoms with E-state index >= 15 is 0 Å². The second-order valence-electron chi connectivity index (χ2n) is 4.03. The molecular weight excluding hydrogens is 206 g/mol. The molecule has 1 N–H and O–H groups in total. The van der Waals surface area contributed by atoms with Crippen molar-refractivity contribution in [2.45, 2.75) is 39.0 Å². The van der Waals surface area contributed by atoms with Gasteiger partial charge in [0.15, 0.2) is 0 Å². The number of nitrogens with zero attached hydrogens (tertiary/aromatic N) is 1. The molecule has 1 fully saturated rings. The van der Waals surface area contributed by atoms with E-state index in [1.54, 1.807) is 13.0 Å². The van der Waals surface area contributed by atoms with Gasteiger partial charge in [-0.25, -0.2) is 0 Å². The van der Waals surface area contributed by atoms with Gasteiger partial charge < -0.3 is 9.94 Å². The standard InChI is InChI=1S/C12H19NO3/c1-3-5-8-12(11(14)16-4-2)9-6-7-10(12)13-15/h3,15H,1,4-9H2,2H3/b13-10+. The number of oxime groups is 1. The van der Waals surface area contributed by atoms with Gasteiger partial charge in [0.25, 0.3) is 0 Å². The van der Waals surface area contributed by atoms with Crippen LogP contribution in [0.1, 0.15) is 39.0 Å². The van der Waals surface area contributed by atoms with Gasteiger partial charge in [0.2, 0.25) is 0 Å². The summed E-state index contributed by atoms with van der Waals surface area (Å²) in [5.41, 5.74) is -0.147. The summed E-state index contributed by atoms with van der Waals surface area (Å²) >= 11 is 0. The van der Waals surface area contributed by atoms with Crippen molar-refractivity contribution >= 4 is 11.7 Å². The lowest BCUT2D eigenvalue weighted by Gasteiger charge is -2.26. The number of esters is 1. The first-order chi connectivity index (χ1) is 7.71. The Hall–Kier alpha value is -1.32. The summed E-state index contributed by atoms with van der Waals surface area (Å²) in [5, 5.41) is 12.3. The highest BCUT2D eigenvalue weighted by Gasteiger charge is 2.47. The van der Waals surface area contributed by atoms with Crippen LogP contribution in [0.4, 0.5) is 0 Å². The molecule has 1 aliphatic rings. The summed E-state index contributed by atoms with van der Waals surface area (Å²) < 4.78 is 5.09. The van der Waals surface area contributed by atoms with Crippen molar-refractivity contribution in [1.82, 2.24) is 0 Å². The molecule has 0 saturated heterocycles. The third kappa shape index (κ3) is 2.26. The van der Waals surface area contributed by atoms with E-state index in [-0.39, 0.29) is 5.97 Å². The number of ether oxygens (including phenoxy) is 1. The Labute approximate surface area is 96.0 Å². The summed E-state index contributed by atoms with van der Waals surface area (Å²) in [4.78, 5) is 12.0. The summed E-state index contributed by atoms with van der Waals surface area (Å²) in [6.07, 6.45) is 5.36. The Morgan fingerprint density at radius 2 is 2.50 bits per heavy atom. The van der Waals surface area contributed by atoms with Gasteiger partial charge in [-0.15, -0.1) is 6.58 Å². The molecule has 0 aromatic heterocycles. The molecule has 4 nitrogen and oxygen atoms in total. The van der Waals surface area contributed by atoms with Crippen LogP contribution in [0.3, 0.4) is 0 Å². The SMILES string of the molecule is C=CCCC1(C(=O)OCC)CCC/C1=N\O. The monoisotopic (exact) mass is 225 g/mol. The van der Waals surface area contributed by atoms with Gasteiger partial charge in [0, 0.05) is 0 Å². The molecule has 0 spiro atoms. The molecule has 16 heavy (non-hydrogen) atoms. The summed E-state index contributed by atoms with van der Waals surface area (Å²) in [6, 6.07) is 0. The lowest BCUT2D eigenvalue weighted by Crippen LogP contribution is -2.37. The van der Waals surface area contributed by atoms with E-state index in [1.165, 1.54) is 0 Å². The Morgan fingerprint density at radius 1 is 1.75 bits per heavy atom. The molecule has 1 aliphatic carbocycles. The zero-order chi connectivity index (χ0) is 12.0. The number of hydrogen-bond acceptors (Lipinski definition) is 4. The largest absolute Gasteiger partial charge is 0.465 e. The molecule has 0 aromatic carbocycles. The first-order valence-corrected chi connectivity index (χ1v) is 5.70. The zero-order valence-electron chi connectivity index (χ0n) is 9.74. The molecule has 0 radical (unpaired) electrons. The van der Waals surface area contributed by atoms with E-state index in [2.05, 4.69) is 11.7 Å². The molecule has 90 valence electrons. The zero-order valence-corrected chi connectivity index (χ0v) is 9.74. The summed E-state index contributed by atoms with van der Waals surface area (Å²) in [5.74, 6) is -0.262. The van der Waals surface area contributed by atoms with Crippen molar-refractivity contribution in [3.05, 3.63) is 12.7 Å². The topological polar surface area (TPSA) is 58.9 Å². The Bertz CT molecular complexity index is 299. The van der Waals surface area contributed by atoms with Crippen LogP contribution in [0.25, 0.3) is 0 Å². The van der Waals surface area contributed by atoms with Gasteiger partial charge in [-0.05, 0) is 39.0 Å². The number of hydrogen-bond donors (Lipinski definition) is 1. The quantitative estimate of drug-likeness (QED) is 0.338. The second-order valence-corrected chi connectivity index (χ2v) is 4.03. The van der Waals surface area contributed by atoms with Crippen LogP contribution in [-0.2, 0) is 9.53 Å². The predicted octanol–water partition coefficient (Wildman–Crippen LogP) is 2.52. The van der Waals surface area contributed by atoms with Crippen molar-refractivity contribution < 1.29 is 14.7 Å². The first-order valence-electron chi connectivity index (χ1n) is 5.70. The third-order valence-corrected chi connectivity index (χ3v) is 3.13. The normalized spacial score (nSPS) is 26.9. The lowest BCUT2D eigenvalue weighted by atomic mass is 9.80. The van der Waals surface area contributed by atoms with Crippen molar-refractivity contribution in [2.24, 2.45) is 10.6 Å². The van der Waals surface area contributed by atoms with E-state index in [1.807, 2.05) is 0 Å². The Morgan fingerprint density at radius 3 is 3.06 bits per heavy atom. The number of carbonyl (C=O) groups excluding carboxylic acids is 1. The highest BCUT2D eigenvalue weighted by atomic mass is 16.5. The van der Waals surface area contributed by atoms with Gasteiger partial charge in [-0.3, -0.25) is 4.79 Å². The van der Waals surface area contributed by atoms with Crippen LogP contribution in [-0.4, -0.2) is 23.5 Å². The van der Waals surface area contributed by atoms with Crippen molar-refractivity contribution in [2.75, 3.05) is 6.61 Å². The maximum absolute atomic E-state index is 12.0. The van der Waals surface area contributed by atoms with E-state index in [0.717, 1.165) is 12.8 Å². The predicted molar refractivity (Wildman–Crippen MR) is 61.6 cm³/mol. The van der Waals surface area contributed by atoms with Gasteiger partial charge in [-0.1, -0.05) is 11.2 Å². The number of rotatable bonds is 5. The fourth-order valence-electron chi connectivity index (χ4n) is 2.30. The highest BCUT2D eigenvalue weighted by molar-refractivity contribution is 6.07. The van der Waals surface area contributed by atoms with Crippen LogP contribution >= 0.6 is 0 Å². The molecule has 1 atom stereocenters. The third-order valence-electron chi connectivity index (χ3n) is 3.13. The molecule has 1 unspecified atom stereocenters. The van der Waals surface area contributed by atoms with E-state index < -0.39 is 5.41 Å². The van der Waals surface area contributed by atoms with Gasteiger partial charge in [0.05, 0.1) is 12.3 Å². The Kier molecular flexibility index (Phi) is 4.52. The molecule has 0 aliphatic heterocycles. The van der Waals surface area contributed by atoms with Crippen LogP contribution < -0.4 is 0 Å². The molecule has 0 aromatic rings. The fraction of sp³-hybridized carbons (Fsp3) is 0.667. The smallest absolute Gasteiger partial charge is 0.317 e. The van der Waals surface area contributed by atoms with E-state index in [0.29, 0.717) is 31.6 Å². The minimum Gasteiger partial charge on any atom is -0.465 e. The molecule has 0 heterocycles. The average Bonchev–Trinajstić information content (AvgIpc) is 2.70. The van der Waals surface area contributed by atoms with E-state index in [9.17, 15) is 4.79 Å². The molecule has 0 amide bonds. The Balaban J connectivity index is 2.91. The van der Waals surface area contributed by atoms with Crippen LogP contribution in [0.5, 0.6) is 0 Å². The van der Waals surface area contributed by atoms with Crippen molar-refractivity contribution in [1.29, 1.82) is 0 Å². The van der Waals surface area contributed by atoms with Crippen molar-refractivity contribution in [3.8, 4) is 0 Å². The van der Waals surface area contributed by atoms with E-state index in [4.69, 9.17) is 9.94 Å². The average molecular weight is 225 g/mol. The molecule has 4 heteroatoms. The number of allylic oxidation sites excluding steroid dienone is 1. The van der Waals surface area contributed by atoms with Gasteiger partial charge >= 0.3 is 5.97 Å². The maximum Gasteiger partial charge on any atom is 0.317 e. The molecule has 1 rings (SSSR count). The van der Waals surface area contributed by atoms with Crippen LogP contribution in [0, 0.1) is 5.41 Å². The van der Waals surface area contributed by atoms with Gasteiger partial charge in [0.1, 0.15) is 5.41 Å². The molecule has 0 bridgehead atoms. The minimum absolute atomic E-state index is 0.262. The summed E-state index contributed by atoms with van der Waals surface area (Å²) in [6.45, 7) is 5.79. The fourth-order valence-corrected chi connectivity index (χ4v) is 2.30. The molecule has 1 saturated carbocycles.